The number of nitrogens with zero attached hydrogens (tertiary/aromatic N) is 2. The number of fused-ring (bicyclic) bond motifs is 4. The average molecular weight is 695 g/mol. The first kappa shape index (κ1) is 31.6. The van der Waals surface area contributed by atoms with Crippen LogP contribution >= 0.6 is 23.2 Å². The Labute approximate surface area is 281 Å². The lowest BCUT2D eigenvalue weighted by atomic mass is 9.56. The number of alkyl halides is 2. The number of carboxylic acids is 1. The minimum absolute atomic E-state index is 0.00667. The number of hydrogen-bond acceptors (Lipinski definition) is 8. The predicted molar refractivity (Wildman–Crippen MR) is 169 cm³/mol. The van der Waals surface area contributed by atoms with Gasteiger partial charge in [0.2, 0.25) is 11.8 Å². The summed E-state index contributed by atoms with van der Waals surface area (Å²) in [5.74, 6) is -10.4. The van der Waals surface area contributed by atoms with Gasteiger partial charge < -0.3 is 20.1 Å². The van der Waals surface area contributed by atoms with Crippen LogP contribution in [0, 0.1) is 23.6 Å². The zero-order valence-corrected chi connectivity index (χ0v) is 26.4. The smallest absolute Gasteiger partial charge is 0.339 e. The number of carbonyl (C=O) groups excluding carboxylic acids is 4. The van der Waals surface area contributed by atoms with Crippen LogP contribution in [0.1, 0.15) is 34.7 Å². The number of rotatable bonds is 5. The highest BCUT2D eigenvalue weighted by Crippen LogP contribution is 2.67. The maximum atomic E-state index is 14.4. The monoisotopic (exact) mass is 694 g/mol. The first-order chi connectivity index (χ1) is 22.8. The van der Waals surface area contributed by atoms with Crippen LogP contribution in [-0.2, 0) is 19.2 Å². The number of phenolic OH excluding ortho intramolecular Hbond substituents is 1. The van der Waals surface area contributed by atoms with E-state index in [1.807, 2.05) is 0 Å². The van der Waals surface area contributed by atoms with Crippen LogP contribution in [0.15, 0.2) is 72.3 Å². The highest BCUT2D eigenvalue weighted by molar-refractivity contribution is 6.58. The molecule has 3 N–H and O–H groups in total. The molecule has 2 aliphatic carbocycles. The molecule has 2 aliphatic heterocycles. The van der Waals surface area contributed by atoms with Crippen LogP contribution in [0.3, 0.4) is 0 Å². The Morgan fingerprint density at radius 1 is 0.917 bits per heavy atom. The molecule has 14 heteroatoms. The van der Waals surface area contributed by atoms with Gasteiger partial charge in [-0.15, -0.1) is 23.2 Å². The van der Waals surface area contributed by atoms with E-state index in [-0.39, 0.29) is 41.3 Å². The summed E-state index contributed by atoms with van der Waals surface area (Å²) in [6, 6.07) is 12.4. The molecule has 48 heavy (non-hydrogen) atoms. The van der Waals surface area contributed by atoms with Crippen molar-refractivity contribution >= 4 is 64.2 Å². The summed E-state index contributed by atoms with van der Waals surface area (Å²) in [5, 5.41) is 31.0. The summed E-state index contributed by atoms with van der Waals surface area (Å²) >= 11 is 14.6. The van der Waals surface area contributed by atoms with Gasteiger partial charge in [-0.05, 0) is 61.2 Å². The number of aromatic carboxylic acids is 1. The molecular weight excluding hydrogens is 670 g/mol. The number of halogens is 3. The fourth-order valence-corrected chi connectivity index (χ4v) is 8.70. The van der Waals surface area contributed by atoms with Gasteiger partial charge in [0, 0.05) is 17.5 Å². The highest BCUT2D eigenvalue weighted by Gasteiger charge is 2.77. The van der Waals surface area contributed by atoms with Crippen LogP contribution in [0.4, 0.5) is 15.8 Å². The number of phenols is 2. The van der Waals surface area contributed by atoms with Gasteiger partial charge in [0.1, 0.15) is 17.1 Å². The number of imide groups is 2. The molecule has 0 aromatic heterocycles. The largest absolute Gasteiger partial charge is 0.507 e. The summed E-state index contributed by atoms with van der Waals surface area (Å²) in [6.45, 7) is 0. The summed E-state index contributed by atoms with van der Waals surface area (Å²) in [7, 11) is 1.33. The Balaban J connectivity index is 1.39. The number of amides is 4. The molecule has 2 saturated heterocycles. The number of allylic oxidation sites excluding steroid dienone is 2. The van der Waals surface area contributed by atoms with Crippen molar-refractivity contribution in [2.24, 2.45) is 17.8 Å². The molecule has 0 spiro atoms. The van der Waals surface area contributed by atoms with E-state index in [9.17, 15) is 43.7 Å². The van der Waals surface area contributed by atoms with E-state index in [1.54, 1.807) is 12.1 Å². The second kappa shape index (κ2) is 10.8. The van der Waals surface area contributed by atoms with Crippen molar-refractivity contribution in [3.05, 3.63) is 89.3 Å². The van der Waals surface area contributed by atoms with E-state index in [1.165, 1.54) is 37.4 Å². The van der Waals surface area contributed by atoms with Gasteiger partial charge in [0.25, 0.3) is 11.8 Å². The maximum absolute atomic E-state index is 14.4. The molecule has 0 bridgehead atoms. The summed E-state index contributed by atoms with van der Waals surface area (Å²) in [5.41, 5.74) is 0.0226. The highest BCUT2D eigenvalue weighted by atomic mass is 35.5. The second-order valence-electron chi connectivity index (χ2n) is 12.2. The van der Waals surface area contributed by atoms with Crippen LogP contribution < -0.4 is 14.5 Å². The standard InChI is InChI=1S/C34H25Cl2FN2O9/c1-48-24-4-2-3-21(27(24)41)26-18-11-12-20-25(29(43)38(28(20)42)17-9-10-19(30(44)45)23(40)13-17)22(18)14-33(35)31(46)39(32(47)34(26,33)36)16-7-5-15(37)6-8-16/h2-11,13,20,22,25-26,40-41H,12,14H2,1H3,(H,44,45). The molecule has 4 aliphatic rings. The van der Waals surface area contributed by atoms with Gasteiger partial charge in [-0.2, -0.15) is 0 Å². The summed E-state index contributed by atoms with van der Waals surface area (Å²) in [4.78, 5) is 65.4. The van der Waals surface area contributed by atoms with Crippen LogP contribution in [-0.4, -0.2) is 61.8 Å². The average Bonchev–Trinajstić information content (AvgIpc) is 3.39. The van der Waals surface area contributed by atoms with Crippen molar-refractivity contribution in [3.63, 3.8) is 0 Å². The van der Waals surface area contributed by atoms with Crippen LogP contribution in [0.2, 0.25) is 0 Å². The Bertz CT molecular complexity index is 2000. The molecule has 1 saturated carbocycles. The minimum Gasteiger partial charge on any atom is -0.507 e. The molecular formula is C34H25Cl2FN2O9. The summed E-state index contributed by atoms with van der Waals surface area (Å²) < 4.78 is 19.2. The molecule has 4 amide bonds. The van der Waals surface area contributed by atoms with E-state index in [0.29, 0.717) is 5.57 Å². The number of para-hydroxylation sites is 1. The van der Waals surface area contributed by atoms with Crippen molar-refractivity contribution in [3.8, 4) is 17.2 Å². The third-order valence-electron chi connectivity index (χ3n) is 9.93. The van der Waals surface area contributed by atoms with Gasteiger partial charge in [0.05, 0.1) is 30.3 Å². The number of benzene rings is 3. The van der Waals surface area contributed by atoms with Crippen molar-refractivity contribution in [2.45, 2.75) is 28.5 Å². The lowest BCUT2D eigenvalue weighted by Crippen LogP contribution is -2.60. The first-order valence-electron chi connectivity index (χ1n) is 14.8. The van der Waals surface area contributed by atoms with E-state index >= 15 is 0 Å². The zero-order valence-electron chi connectivity index (χ0n) is 24.9. The number of ether oxygens (including phenoxy) is 1. The Morgan fingerprint density at radius 2 is 1.60 bits per heavy atom. The predicted octanol–water partition coefficient (Wildman–Crippen LogP) is 4.71. The lowest BCUT2D eigenvalue weighted by Gasteiger charge is -2.50. The van der Waals surface area contributed by atoms with Gasteiger partial charge in [0.15, 0.2) is 21.2 Å². The number of anilines is 2. The molecule has 3 aromatic rings. The van der Waals surface area contributed by atoms with E-state index < -0.39 is 80.1 Å². The number of methoxy groups -OCH3 is 1. The Kier molecular flexibility index (Phi) is 7.12. The van der Waals surface area contributed by atoms with Crippen molar-refractivity contribution in [1.82, 2.24) is 0 Å². The topological polar surface area (TPSA) is 162 Å². The second-order valence-corrected chi connectivity index (χ2v) is 13.4. The SMILES string of the molecule is COc1cccc(C2C3=CCC4C(=O)N(c5ccc(C(=O)O)c(O)c5)C(=O)C4C3CC3(Cl)C(=O)N(c4ccc(F)cc4)C(=O)C23Cl)c1O. The zero-order chi connectivity index (χ0) is 34.4. The van der Waals surface area contributed by atoms with Gasteiger partial charge in [-0.25, -0.2) is 19.0 Å². The third kappa shape index (κ3) is 4.08. The molecule has 2 heterocycles. The third-order valence-corrected chi connectivity index (χ3v) is 11.3. The normalized spacial score (nSPS) is 29.4. The van der Waals surface area contributed by atoms with E-state index in [4.69, 9.17) is 27.9 Å². The van der Waals surface area contributed by atoms with E-state index in [2.05, 4.69) is 0 Å². The summed E-state index contributed by atoms with van der Waals surface area (Å²) in [6.07, 6.45) is 1.34. The minimum atomic E-state index is -2.26. The number of carbonyl (C=O) groups is 5. The molecule has 11 nitrogen and oxygen atoms in total. The fraction of sp³-hybridized carbons (Fsp3) is 0.265. The molecule has 246 valence electrons. The van der Waals surface area contributed by atoms with Gasteiger partial charge in [-0.3, -0.25) is 19.2 Å². The maximum Gasteiger partial charge on any atom is 0.339 e. The molecule has 3 aromatic carbocycles. The van der Waals surface area contributed by atoms with Gasteiger partial charge >= 0.3 is 5.97 Å². The van der Waals surface area contributed by atoms with Crippen LogP contribution in [0.5, 0.6) is 17.2 Å². The van der Waals surface area contributed by atoms with Crippen molar-refractivity contribution in [2.75, 3.05) is 16.9 Å². The number of aromatic hydroxyl groups is 2. The van der Waals surface area contributed by atoms with E-state index in [0.717, 1.165) is 34.1 Å². The molecule has 7 rings (SSSR count). The van der Waals surface area contributed by atoms with Gasteiger partial charge in [-0.1, -0.05) is 23.8 Å². The molecule has 6 atom stereocenters. The fourth-order valence-electron chi connectivity index (χ4n) is 7.78. The number of carboxylic acid groups (broad SMARTS) is 1. The molecule has 6 unspecified atom stereocenters. The number of hydrogen-bond donors (Lipinski definition) is 3. The molecule has 0 radical (unpaired) electrons. The Hall–Kier alpha value is -4.94. The lowest BCUT2D eigenvalue weighted by molar-refractivity contribution is -0.125. The molecule has 3 fully saturated rings. The van der Waals surface area contributed by atoms with Crippen molar-refractivity contribution < 1.29 is 48.4 Å². The quantitative estimate of drug-likeness (QED) is 0.195. The van der Waals surface area contributed by atoms with Crippen LogP contribution in [0.25, 0.3) is 0 Å². The Morgan fingerprint density at radius 3 is 2.25 bits per heavy atom. The van der Waals surface area contributed by atoms with Crippen molar-refractivity contribution in [1.29, 1.82) is 0 Å². The first-order valence-corrected chi connectivity index (χ1v) is 15.5.